The molecule has 1 nitrogen and oxygen atoms in total. The summed E-state index contributed by atoms with van der Waals surface area (Å²) in [6.07, 6.45) is 2.56. The highest BCUT2D eigenvalue weighted by Crippen LogP contribution is 2.08. The van der Waals surface area contributed by atoms with Crippen LogP contribution in [0.3, 0.4) is 0 Å². The summed E-state index contributed by atoms with van der Waals surface area (Å²) >= 11 is 0. The highest BCUT2D eigenvalue weighted by Gasteiger charge is 2.09. The van der Waals surface area contributed by atoms with Gasteiger partial charge in [-0.1, -0.05) is 27.7 Å². The van der Waals surface area contributed by atoms with Crippen LogP contribution in [0.5, 0.6) is 0 Å². The van der Waals surface area contributed by atoms with E-state index in [0.717, 1.165) is 11.8 Å². The number of nitrogens with one attached hydrogen (secondary N) is 1. The van der Waals surface area contributed by atoms with Gasteiger partial charge in [-0.15, -0.1) is 0 Å². The molecule has 0 bridgehead atoms. The average molecular weight is 185 g/mol. The predicted octanol–water partition coefficient (Wildman–Crippen LogP) is 3.45. The molecular weight excluding hydrogens is 158 g/mol. The summed E-state index contributed by atoms with van der Waals surface area (Å²) in [5, 5.41) is 3.64. The third kappa shape index (κ3) is 8.29. The highest BCUT2D eigenvalue weighted by atomic mass is 14.9. The van der Waals surface area contributed by atoms with Crippen LogP contribution in [0.4, 0.5) is 0 Å². The number of rotatable bonds is 6. The second kappa shape index (κ2) is 6.42. The molecule has 0 aliphatic rings. The van der Waals surface area contributed by atoms with Crippen molar-refractivity contribution in [3.8, 4) is 0 Å². The van der Waals surface area contributed by atoms with E-state index in [1.807, 2.05) is 0 Å². The molecule has 0 radical (unpaired) electrons. The van der Waals surface area contributed by atoms with Gasteiger partial charge in [-0.3, -0.25) is 0 Å². The molecule has 1 N–H and O–H groups in total. The maximum Gasteiger partial charge on any atom is 0.00436 e. The Balaban J connectivity index is 3.58. The zero-order chi connectivity index (χ0) is 10.4. The van der Waals surface area contributed by atoms with E-state index in [1.165, 1.54) is 12.8 Å². The van der Waals surface area contributed by atoms with Crippen LogP contribution in [0, 0.1) is 11.8 Å². The molecule has 1 unspecified atom stereocenters. The molecule has 0 aromatic carbocycles. The van der Waals surface area contributed by atoms with Gasteiger partial charge < -0.3 is 5.32 Å². The lowest BCUT2D eigenvalue weighted by atomic mass is 10.0. The first-order chi connectivity index (χ1) is 5.91. The Morgan fingerprint density at radius 2 is 1.00 bits per heavy atom. The summed E-state index contributed by atoms with van der Waals surface area (Å²) in [6, 6.07) is 1.32. The van der Waals surface area contributed by atoms with Crippen LogP contribution in [0.15, 0.2) is 0 Å². The van der Waals surface area contributed by atoms with E-state index >= 15 is 0 Å². The minimum absolute atomic E-state index is 0.661. The van der Waals surface area contributed by atoms with Crippen LogP contribution < -0.4 is 5.32 Å². The summed E-state index contributed by atoms with van der Waals surface area (Å²) in [6.45, 7) is 13.7. The lowest BCUT2D eigenvalue weighted by molar-refractivity contribution is 0.365. The molecule has 80 valence electrons. The van der Waals surface area contributed by atoms with Crippen molar-refractivity contribution in [2.45, 2.75) is 66.5 Å². The van der Waals surface area contributed by atoms with E-state index in [4.69, 9.17) is 0 Å². The van der Waals surface area contributed by atoms with Crippen molar-refractivity contribution in [2.24, 2.45) is 11.8 Å². The molecule has 0 aromatic heterocycles. The van der Waals surface area contributed by atoms with E-state index in [-0.39, 0.29) is 0 Å². The lowest BCUT2D eigenvalue weighted by Crippen LogP contribution is -2.36. The first kappa shape index (κ1) is 13.0. The van der Waals surface area contributed by atoms with Crippen LogP contribution in [0.25, 0.3) is 0 Å². The van der Waals surface area contributed by atoms with Crippen LogP contribution in [0.1, 0.15) is 54.4 Å². The third-order valence-electron chi connectivity index (χ3n) is 2.22. The number of hydrogen-bond acceptors (Lipinski definition) is 1. The van der Waals surface area contributed by atoms with E-state index < -0.39 is 0 Å². The average Bonchev–Trinajstić information content (AvgIpc) is 1.80. The highest BCUT2D eigenvalue weighted by molar-refractivity contribution is 4.69. The van der Waals surface area contributed by atoms with Gasteiger partial charge in [0.15, 0.2) is 0 Å². The third-order valence-corrected chi connectivity index (χ3v) is 2.22. The fraction of sp³-hybridized carbons (Fsp3) is 1.00. The van der Waals surface area contributed by atoms with Gasteiger partial charge in [0.05, 0.1) is 0 Å². The molecule has 1 heteroatoms. The summed E-state index contributed by atoms with van der Waals surface area (Å²) in [7, 11) is 0. The normalized spacial score (nSPS) is 16.6. The molecule has 0 spiro atoms. The van der Waals surface area contributed by atoms with Crippen LogP contribution in [-0.4, -0.2) is 12.1 Å². The van der Waals surface area contributed by atoms with E-state index in [1.54, 1.807) is 0 Å². The second-order valence-corrected chi connectivity index (χ2v) is 5.23. The van der Waals surface area contributed by atoms with Crippen molar-refractivity contribution in [2.75, 3.05) is 0 Å². The molecule has 13 heavy (non-hydrogen) atoms. The van der Waals surface area contributed by atoms with Crippen LogP contribution >= 0.6 is 0 Å². The van der Waals surface area contributed by atoms with Gasteiger partial charge in [0.25, 0.3) is 0 Å². The molecule has 0 fully saturated rings. The van der Waals surface area contributed by atoms with E-state index in [9.17, 15) is 0 Å². The van der Waals surface area contributed by atoms with Crippen molar-refractivity contribution in [3.63, 3.8) is 0 Å². The van der Waals surface area contributed by atoms with Gasteiger partial charge >= 0.3 is 0 Å². The second-order valence-electron chi connectivity index (χ2n) is 5.23. The topological polar surface area (TPSA) is 12.0 Å². The molecule has 0 heterocycles. The van der Waals surface area contributed by atoms with Crippen molar-refractivity contribution in [1.29, 1.82) is 0 Å². The van der Waals surface area contributed by atoms with E-state index in [2.05, 4.69) is 46.9 Å². The van der Waals surface area contributed by atoms with Gasteiger partial charge in [-0.05, 0) is 38.5 Å². The zero-order valence-electron chi connectivity index (χ0n) is 10.2. The molecule has 2 atom stereocenters. The fourth-order valence-corrected chi connectivity index (χ4v) is 2.04. The SMILES string of the molecule is CC(C)CC(C)N[C@H](C)CC(C)C. The Kier molecular flexibility index (Phi) is 6.40. The molecular formula is C12H27N. The fourth-order valence-electron chi connectivity index (χ4n) is 2.04. The lowest BCUT2D eigenvalue weighted by Gasteiger charge is -2.22. The van der Waals surface area contributed by atoms with Crippen LogP contribution in [0.2, 0.25) is 0 Å². The van der Waals surface area contributed by atoms with Crippen molar-refractivity contribution in [3.05, 3.63) is 0 Å². The largest absolute Gasteiger partial charge is 0.312 e. The van der Waals surface area contributed by atoms with Crippen LogP contribution in [-0.2, 0) is 0 Å². The van der Waals surface area contributed by atoms with Gasteiger partial charge in [0.1, 0.15) is 0 Å². The zero-order valence-corrected chi connectivity index (χ0v) is 10.2. The van der Waals surface area contributed by atoms with E-state index in [0.29, 0.717) is 12.1 Å². The minimum atomic E-state index is 0.661. The van der Waals surface area contributed by atoms with Gasteiger partial charge in [0, 0.05) is 12.1 Å². The smallest absolute Gasteiger partial charge is 0.00436 e. The van der Waals surface area contributed by atoms with Gasteiger partial charge in [-0.2, -0.15) is 0 Å². The quantitative estimate of drug-likeness (QED) is 0.668. The maximum absolute atomic E-state index is 3.64. The number of hydrogen-bond donors (Lipinski definition) is 1. The standard InChI is InChI=1S/C12H27N/c1-9(2)7-11(5)13-12(6)8-10(3)4/h9-13H,7-8H2,1-6H3/t11-,12?/m1/s1. The molecule has 0 saturated carbocycles. The first-order valence-corrected chi connectivity index (χ1v) is 5.67. The van der Waals surface area contributed by atoms with Gasteiger partial charge in [0.2, 0.25) is 0 Å². The molecule has 0 aromatic rings. The molecule has 0 rings (SSSR count). The summed E-state index contributed by atoms with van der Waals surface area (Å²) in [5.74, 6) is 1.60. The Hall–Kier alpha value is -0.0400. The molecule has 0 aliphatic carbocycles. The Morgan fingerprint density at radius 1 is 0.692 bits per heavy atom. The summed E-state index contributed by atoms with van der Waals surface area (Å²) in [4.78, 5) is 0. The molecule has 0 amide bonds. The first-order valence-electron chi connectivity index (χ1n) is 5.67. The monoisotopic (exact) mass is 185 g/mol. The van der Waals surface area contributed by atoms with Crippen molar-refractivity contribution in [1.82, 2.24) is 5.32 Å². The Morgan fingerprint density at radius 3 is 1.23 bits per heavy atom. The van der Waals surface area contributed by atoms with Gasteiger partial charge in [-0.25, -0.2) is 0 Å². The predicted molar refractivity (Wildman–Crippen MR) is 61.0 cm³/mol. The van der Waals surface area contributed by atoms with Crippen molar-refractivity contribution >= 4 is 0 Å². The summed E-state index contributed by atoms with van der Waals surface area (Å²) < 4.78 is 0. The maximum atomic E-state index is 3.64. The molecule has 0 saturated heterocycles. The molecule has 0 aliphatic heterocycles. The van der Waals surface area contributed by atoms with Crippen molar-refractivity contribution < 1.29 is 0 Å². The Labute approximate surface area is 84.3 Å². The Bertz CT molecular complexity index is 104. The summed E-state index contributed by atoms with van der Waals surface area (Å²) in [5.41, 5.74) is 0. The minimum Gasteiger partial charge on any atom is -0.312 e.